The normalized spacial score (nSPS) is 16.4. The van der Waals surface area contributed by atoms with Gasteiger partial charge >= 0.3 is 5.97 Å². The van der Waals surface area contributed by atoms with E-state index in [2.05, 4.69) is 0 Å². The number of carboxylic acid groups (broad SMARTS) is 1. The van der Waals surface area contributed by atoms with Gasteiger partial charge in [-0.2, -0.15) is 0 Å². The second-order valence-electron chi connectivity index (χ2n) is 10.3. The van der Waals surface area contributed by atoms with Crippen molar-refractivity contribution >= 4 is 46.5 Å². The van der Waals surface area contributed by atoms with Gasteiger partial charge in [0.15, 0.2) is 11.6 Å². The summed E-state index contributed by atoms with van der Waals surface area (Å²) in [5, 5.41) is 10.5. The van der Waals surface area contributed by atoms with E-state index in [0.29, 0.717) is 35.2 Å². The van der Waals surface area contributed by atoms with E-state index in [0.717, 1.165) is 23.3 Å². The summed E-state index contributed by atoms with van der Waals surface area (Å²) in [5.41, 5.74) is 0.676. The first-order chi connectivity index (χ1) is 19.6. The summed E-state index contributed by atoms with van der Waals surface area (Å²) in [4.78, 5) is 28.5. The number of fused-ring (bicyclic) bond motifs is 1. The molecule has 0 radical (unpaired) electrons. The number of nitrogens with zero attached hydrogens (tertiary/aromatic N) is 2. The van der Waals surface area contributed by atoms with Crippen LogP contribution in [0.25, 0.3) is 0 Å². The summed E-state index contributed by atoms with van der Waals surface area (Å²) in [6.07, 6.45) is 0.868. The number of hydrogen-bond acceptors (Lipinski definition) is 5. The SMILES string of the molecule is COc1ccc(CN2C(=O)CCc3c(OCC4(C(=O)O)CCN(c5c(F)cc(Cl)cc5F)CC4)ccc(Cl)c32)cc1. The van der Waals surface area contributed by atoms with Crippen LogP contribution in [0, 0.1) is 17.0 Å². The van der Waals surface area contributed by atoms with E-state index in [9.17, 15) is 23.5 Å². The zero-order chi connectivity index (χ0) is 29.3. The first-order valence-electron chi connectivity index (χ1n) is 13.1. The lowest BCUT2D eigenvalue weighted by Gasteiger charge is -2.40. The molecular formula is C30H28Cl2F2N2O5. The van der Waals surface area contributed by atoms with Crippen LogP contribution in [-0.2, 0) is 22.6 Å². The van der Waals surface area contributed by atoms with Crippen molar-refractivity contribution in [3.63, 3.8) is 0 Å². The minimum atomic E-state index is -1.27. The highest BCUT2D eigenvalue weighted by molar-refractivity contribution is 6.34. The molecule has 0 unspecified atom stereocenters. The molecule has 11 heteroatoms. The van der Waals surface area contributed by atoms with Gasteiger partial charge in [0.1, 0.15) is 29.2 Å². The van der Waals surface area contributed by atoms with E-state index in [1.807, 2.05) is 24.3 Å². The molecule has 0 spiro atoms. The van der Waals surface area contributed by atoms with Gasteiger partial charge < -0.3 is 24.4 Å². The number of carbonyl (C=O) groups excluding carboxylic acids is 1. The molecule has 3 aromatic carbocycles. The number of carbonyl (C=O) groups is 2. The summed E-state index contributed by atoms with van der Waals surface area (Å²) in [7, 11) is 1.58. The molecule has 1 fully saturated rings. The van der Waals surface area contributed by atoms with E-state index in [-0.39, 0.29) is 55.6 Å². The van der Waals surface area contributed by atoms with Crippen LogP contribution in [0.3, 0.4) is 0 Å². The number of amides is 1. The van der Waals surface area contributed by atoms with Crippen LogP contribution >= 0.6 is 23.2 Å². The Hall–Kier alpha value is -3.56. The predicted octanol–water partition coefficient (Wildman–Crippen LogP) is 6.51. The Bertz CT molecular complexity index is 1450. The number of aliphatic carboxylic acids is 1. The fourth-order valence-corrected chi connectivity index (χ4v) is 5.93. The second kappa shape index (κ2) is 11.7. The maximum absolute atomic E-state index is 14.5. The van der Waals surface area contributed by atoms with Crippen molar-refractivity contribution in [1.29, 1.82) is 0 Å². The Morgan fingerprint density at radius 1 is 1.00 bits per heavy atom. The topological polar surface area (TPSA) is 79.3 Å². The Morgan fingerprint density at radius 3 is 2.27 bits per heavy atom. The minimum Gasteiger partial charge on any atom is -0.497 e. The average Bonchev–Trinajstić information content (AvgIpc) is 2.94. The van der Waals surface area contributed by atoms with Gasteiger partial charge in [0.05, 0.1) is 24.4 Å². The number of carboxylic acids is 1. The number of rotatable bonds is 8. The summed E-state index contributed by atoms with van der Waals surface area (Å²) in [6.45, 7) is 0.385. The summed E-state index contributed by atoms with van der Waals surface area (Å²) in [5.74, 6) is -1.56. The van der Waals surface area contributed by atoms with E-state index in [1.54, 1.807) is 24.1 Å². The quantitative estimate of drug-likeness (QED) is 0.316. The van der Waals surface area contributed by atoms with Crippen molar-refractivity contribution in [2.45, 2.75) is 32.2 Å². The third-order valence-corrected chi connectivity index (χ3v) is 8.35. The Labute approximate surface area is 246 Å². The lowest BCUT2D eigenvalue weighted by atomic mass is 9.79. The highest BCUT2D eigenvalue weighted by Crippen LogP contribution is 2.43. The van der Waals surface area contributed by atoms with Crippen molar-refractivity contribution < 1.29 is 33.0 Å². The molecule has 1 N–H and O–H groups in total. The minimum absolute atomic E-state index is 0.0513. The van der Waals surface area contributed by atoms with Gasteiger partial charge in [-0.15, -0.1) is 0 Å². The van der Waals surface area contributed by atoms with Crippen molar-refractivity contribution in [3.8, 4) is 11.5 Å². The van der Waals surface area contributed by atoms with Gasteiger partial charge in [-0.05, 0) is 61.2 Å². The molecule has 216 valence electrons. The summed E-state index contributed by atoms with van der Waals surface area (Å²) < 4.78 is 40.3. The first kappa shape index (κ1) is 29.0. The number of halogens is 4. The molecule has 41 heavy (non-hydrogen) atoms. The maximum atomic E-state index is 14.5. The van der Waals surface area contributed by atoms with E-state index < -0.39 is 23.0 Å². The number of benzene rings is 3. The van der Waals surface area contributed by atoms with Crippen LogP contribution in [0.15, 0.2) is 48.5 Å². The van der Waals surface area contributed by atoms with Gasteiger partial charge in [-0.25, -0.2) is 8.78 Å². The zero-order valence-electron chi connectivity index (χ0n) is 22.3. The van der Waals surface area contributed by atoms with Crippen LogP contribution in [0.5, 0.6) is 11.5 Å². The Morgan fingerprint density at radius 2 is 1.66 bits per heavy atom. The van der Waals surface area contributed by atoms with Crippen LogP contribution in [-0.4, -0.2) is 43.8 Å². The number of ether oxygens (including phenoxy) is 2. The molecule has 1 amide bonds. The van der Waals surface area contributed by atoms with Gasteiger partial charge in [0.25, 0.3) is 0 Å². The molecule has 1 saturated heterocycles. The van der Waals surface area contributed by atoms with E-state index in [1.165, 1.54) is 4.90 Å². The number of hydrogen-bond donors (Lipinski definition) is 1. The van der Waals surface area contributed by atoms with Crippen molar-refractivity contribution in [1.82, 2.24) is 0 Å². The molecule has 2 heterocycles. The molecule has 0 atom stereocenters. The monoisotopic (exact) mass is 604 g/mol. The number of methoxy groups -OCH3 is 1. The standard InChI is InChI=1S/C30H28Cl2F2N2O5/c1-40-20-4-2-18(3-5-20)16-36-26(37)9-6-21-25(8-7-22(32)27(21)36)41-17-30(29(38)39)10-12-35(13-11-30)28-23(33)14-19(31)15-24(28)34/h2-5,7-8,14-15H,6,9-13,16-17H2,1H3,(H,38,39). The zero-order valence-corrected chi connectivity index (χ0v) is 23.8. The Kier molecular flexibility index (Phi) is 8.29. The molecule has 7 nitrogen and oxygen atoms in total. The van der Waals surface area contributed by atoms with E-state index >= 15 is 0 Å². The van der Waals surface area contributed by atoms with E-state index in [4.69, 9.17) is 32.7 Å². The van der Waals surface area contributed by atoms with Crippen LogP contribution in [0.2, 0.25) is 10.0 Å². The smallest absolute Gasteiger partial charge is 0.313 e. The molecule has 0 aliphatic carbocycles. The molecule has 0 aromatic heterocycles. The van der Waals surface area contributed by atoms with Gasteiger partial charge in [-0.1, -0.05) is 35.3 Å². The molecular weight excluding hydrogens is 577 g/mol. The molecule has 5 rings (SSSR count). The van der Waals surface area contributed by atoms with Gasteiger partial charge in [0, 0.05) is 30.1 Å². The van der Waals surface area contributed by atoms with Crippen molar-refractivity contribution in [3.05, 3.63) is 81.3 Å². The molecule has 3 aromatic rings. The van der Waals surface area contributed by atoms with Crippen LogP contribution in [0.1, 0.15) is 30.4 Å². The molecule has 2 aliphatic heterocycles. The second-order valence-corrected chi connectivity index (χ2v) is 11.1. The first-order valence-corrected chi connectivity index (χ1v) is 13.9. The van der Waals surface area contributed by atoms with Gasteiger partial charge in [-0.3, -0.25) is 9.59 Å². The molecule has 0 bridgehead atoms. The lowest BCUT2D eigenvalue weighted by molar-refractivity contribution is -0.152. The number of piperidine rings is 1. The van der Waals surface area contributed by atoms with Gasteiger partial charge in [0.2, 0.25) is 5.91 Å². The Balaban J connectivity index is 1.35. The predicted molar refractivity (Wildman–Crippen MR) is 152 cm³/mol. The maximum Gasteiger partial charge on any atom is 0.313 e. The highest BCUT2D eigenvalue weighted by atomic mass is 35.5. The fourth-order valence-electron chi connectivity index (χ4n) is 5.46. The third-order valence-electron chi connectivity index (χ3n) is 7.83. The lowest BCUT2D eigenvalue weighted by Crippen LogP contribution is -2.48. The molecule has 0 saturated carbocycles. The molecule has 2 aliphatic rings. The summed E-state index contributed by atoms with van der Waals surface area (Å²) >= 11 is 12.3. The van der Waals surface area contributed by atoms with Crippen molar-refractivity contribution in [2.75, 3.05) is 36.6 Å². The third kappa shape index (κ3) is 5.78. The number of anilines is 2. The fraction of sp³-hybridized carbons (Fsp3) is 0.333. The van der Waals surface area contributed by atoms with Crippen LogP contribution < -0.4 is 19.3 Å². The van der Waals surface area contributed by atoms with Crippen molar-refractivity contribution in [2.24, 2.45) is 5.41 Å². The van der Waals surface area contributed by atoms with Crippen LogP contribution in [0.4, 0.5) is 20.2 Å². The highest BCUT2D eigenvalue weighted by Gasteiger charge is 2.44. The average molecular weight is 605 g/mol. The summed E-state index contributed by atoms with van der Waals surface area (Å²) in [6, 6.07) is 12.8. The largest absolute Gasteiger partial charge is 0.497 e.